The molecule has 2 rings (SSSR count). The van der Waals surface area contributed by atoms with Gasteiger partial charge >= 0.3 is 6.03 Å². The summed E-state index contributed by atoms with van der Waals surface area (Å²) in [6.07, 6.45) is 0.988. The van der Waals surface area contributed by atoms with Crippen LogP contribution in [0.25, 0.3) is 0 Å². The number of nitrogens with one attached hydrogen (secondary N) is 1. The highest BCUT2D eigenvalue weighted by Gasteiger charge is 2.25. The minimum absolute atomic E-state index is 0.00364. The van der Waals surface area contributed by atoms with Crippen molar-refractivity contribution in [3.05, 3.63) is 28.7 Å². The highest BCUT2D eigenvalue weighted by atomic mass is 79.9. The molecule has 1 aromatic rings. The number of urea groups is 1. The molecule has 1 saturated heterocycles. The first-order valence-electron chi connectivity index (χ1n) is 5.01. The first kappa shape index (κ1) is 10.5. The average molecular weight is 269 g/mol. The lowest BCUT2D eigenvalue weighted by Crippen LogP contribution is -2.51. The van der Waals surface area contributed by atoms with Gasteiger partial charge in [-0.1, -0.05) is 15.9 Å². The van der Waals surface area contributed by atoms with Crippen LogP contribution in [0.1, 0.15) is 13.3 Å². The molecule has 1 aliphatic rings. The zero-order valence-corrected chi connectivity index (χ0v) is 10.1. The van der Waals surface area contributed by atoms with E-state index in [4.69, 9.17) is 0 Å². The fourth-order valence-electron chi connectivity index (χ4n) is 1.78. The molecule has 0 radical (unpaired) electrons. The van der Waals surface area contributed by atoms with Crippen LogP contribution in [0.3, 0.4) is 0 Å². The van der Waals surface area contributed by atoms with Gasteiger partial charge in [-0.2, -0.15) is 0 Å². The number of anilines is 1. The molecule has 0 unspecified atom stereocenters. The second-order valence-electron chi connectivity index (χ2n) is 3.72. The van der Waals surface area contributed by atoms with Gasteiger partial charge in [0.2, 0.25) is 0 Å². The summed E-state index contributed by atoms with van der Waals surface area (Å²) in [7, 11) is 0. The van der Waals surface area contributed by atoms with Crippen LogP contribution >= 0.6 is 15.9 Å². The molecule has 1 aliphatic heterocycles. The normalized spacial score (nSPS) is 21.3. The van der Waals surface area contributed by atoms with Crippen molar-refractivity contribution in [1.82, 2.24) is 5.32 Å². The van der Waals surface area contributed by atoms with E-state index >= 15 is 0 Å². The van der Waals surface area contributed by atoms with Crippen LogP contribution in [0.4, 0.5) is 10.5 Å². The molecule has 1 fully saturated rings. The maximum atomic E-state index is 11.7. The quantitative estimate of drug-likeness (QED) is 0.835. The minimum atomic E-state index is -0.00364. The molecule has 4 heteroatoms. The summed E-state index contributed by atoms with van der Waals surface area (Å²) in [5.41, 5.74) is 0.947. The van der Waals surface area contributed by atoms with Crippen LogP contribution < -0.4 is 10.2 Å². The number of halogens is 1. The van der Waals surface area contributed by atoms with Gasteiger partial charge in [-0.3, -0.25) is 4.90 Å². The highest BCUT2D eigenvalue weighted by Crippen LogP contribution is 2.23. The molecule has 1 aromatic carbocycles. The Morgan fingerprint density at radius 3 is 2.67 bits per heavy atom. The lowest BCUT2D eigenvalue weighted by molar-refractivity contribution is 0.239. The van der Waals surface area contributed by atoms with Crippen molar-refractivity contribution in [2.75, 3.05) is 11.4 Å². The maximum absolute atomic E-state index is 11.7. The zero-order chi connectivity index (χ0) is 10.8. The van der Waals surface area contributed by atoms with E-state index in [1.54, 1.807) is 4.90 Å². The van der Waals surface area contributed by atoms with Crippen LogP contribution in [0.15, 0.2) is 28.7 Å². The van der Waals surface area contributed by atoms with Crippen molar-refractivity contribution >= 4 is 27.6 Å². The third-order valence-electron chi connectivity index (χ3n) is 2.60. The molecule has 0 aliphatic carbocycles. The van der Waals surface area contributed by atoms with Gasteiger partial charge < -0.3 is 5.32 Å². The Hall–Kier alpha value is -1.03. The SMILES string of the molecule is C[C@H]1CCNC(=O)N1c1ccc(Br)cc1. The van der Waals surface area contributed by atoms with Crippen molar-refractivity contribution in [2.45, 2.75) is 19.4 Å². The van der Waals surface area contributed by atoms with Gasteiger partial charge in [-0.15, -0.1) is 0 Å². The lowest BCUT2D eigenvalue weighted by atomic mass is 10.1. The smallest absolute Gasteiger partial charge is 0.322 e. The first-order valence-corrected chi connectivity index (χ1v) is 5.80. The second kappa shape index (κ2) is 4.23. The molecule has 1 heterocycles. The molecule has 3 nitrogen and oxygen atoms in total. The number of nitrogens with zero attached hydrogens (tertiary/aromatic N) is 1. The van der Waals surface area contributed by atoms with Gasteiger partial charge in [0.25, 0.3) is 0 Å². The third-order valence-corrected chi connectivity index (χ3v) is 3.13. The van der Waals surface area contributed by atoms with E-state index in [9.17, 15) is 4.79 Å². The van der Waals surface area contributed by atoms with Gasteiger partial charge in [-0.25, -0.2) is 4.79 Å². The van der Waals surface area contributed by atoms with Crippen LogP contribution in [0.5, 0.6) is 0 Å². The summed E-state index contributed by atoms with van der Waals surface area (Å²) < 4.78 is 1.02. The van der Waals surface area contributed by atoms with Crippen LogP contribution in [-0.4, -0.2) is 18.6 Å². The summed E-state index contributed by atoms with van der Waals surface area (Å²) in [5.74, 6) is 0. The Morgan fingerprint density at radius 1 is 1.40 bits per heavy atom. The Labute approximate surface area is 97.6 Å². The zero-order valence-electron chi connectivity index (χ0n) is 8.53. The predicted octanol–water partition coefficient (Wildman–Crippen LogP) is 2.76. The Kier molecular flexibility index (Phi) is 2.95. The third kappa shape index (κ3) is 2.15. The van der Waals surface area contributed by atoms with E-state index in [1.165, 1.54) is 0 Å². The van der Waals surface area contributed by atoms with E-state index in [0.717, 1.165) is 23.1 Å². The molecule has 1 N–H and O–H groups in total. The largest absolute Gasteiger partial charge is 0.338 e. The van der Waals surface area contributed by atoms with Gasteiger partial charge in [-0.05, 0) is 37.6 Å². The fourth-order valence-corrected chi connectivity index (χ4v) is 2.04. The van der Waals surface area contributed by atoms with E-state index in [2.05, 4.69) is 28.2 Å². The van der Waals surface area contributed by atoms with Crippen molar-refractivity contribution in [3.63, 3.8) is 0 Å². The number of hydrogen-bond acceptors (Lipinski definition) is 1. The van der Waals surface area contributed by atoms with Crippen LogP contribution in [-0.2, 0) is 0 Å². The standard InChI is InChI=1S/C11H13BrN2O/c1-8-6-7-13-11(15)14(8)10-4-2-9(12)3-5-10/h2-5,8H,6-7H2,1H3,(H,13,15)/t8-/m0/s1. The highest BCUT2D eigenvalue weighted by molar-refractivity contribution is 9.10. The average Bonchev–Trinajstić information content (AvgIpc) is 2.20. The van der Waals surface area contributed by atoms with Crippen molar-refractivity contribution < 1.29 is 4.79 Å². The Bertz CT molecular complexity index is 363. The summed E-state index contributed by atoms with van der Waals surface area (Å²) >= 11 is 3.38. The number of carbonyl (C=O) groups is 1. The summed E-state index contributed by atoms with van der Waals surface area (Å²) in [6.45, 7) is 2.84. The van der Waals surface area contributed by atoms with E-state index < -0.39 is 0 Å². The van der Waals surface area contributed by atoms with Crippen molar-refractivity contribution in [1.29, 1.82) is 0 Å². The molecule has 15 heavy (non-hydrogen) atoms. The number of carbonyl (C=O) groups excluding carboxylic acids is 1. The fraction of sp³-hybridized carbons (Fsp3) is 0.364. The molecule has 0 aromatic heterocycles. The van der Waals surface area contributed by atoms with E-state index in [1.807, 2.05) is 24.3 Å². The van der Waals surface area contributed by atoms with Crippen LogP contribution in [0, 0.1) is 0 Å². The molecule has 0 bridgehead atoms. The van der Waals surface area contributed by atoms with E-state index in [-0.39, 0.29) is 12.1 Å². The second-order valence-corrected chi connectivity index (χ2v) is 4.63. The molecular formula is C11H13BrN2O. The molecule has 0 saturated carbocycles. The Balaban J connectivity index is 2.27. The lowest BCUT2D eigenvalue weighted by Gasteiger charge is -2.33. The number of rotatable bonds is 1. The van der Waals surface area contributed by atoms with Gasteiger partial charge in [0, 0.05) is 22.7 Å². The monoisotopic (exact) mass is 268 g/mol. The first-order chi connectivity index (χ1) is 7.18. The molecule has 2 amide bonds. The number of benzene rings is 1. The van der Waals surface area contributed by atoms with Gasteiger partial charge in [0.15, 0.2) is 0 Å². The molecule has 0 spiro atoms. The molecule has 1 atom stereocenters. The van der Waals surface area contributed by atoms with Crippen molar-refractivity contribution in [2.24, 2.45) is 0 Å². The minimum Gasteiger partial charge on any atom is -0.338 e. The summed E-state index contributed by atoms with van der Waals surface area (Å²) in [6, 6.07) is 8.06. The number of amides is 2. The molecule has 80 valence electrons. The van der Waals surface area contributed by atoms with Crippen LogP contribution in [0.2, 0.25) is 0 Å². The van der Waals surface area contributed by atoms with Gasteiger partial charge in [0.05, 0.1) is 0 Å². The van der Waals surface area contributed by atoms with Gasteiger partial charge in [0.1, 0.15) is 0 Å². The topological polar surface area (TPSA) is 32.3 Å². The summed E-state index contributed by atoms with van der Waals surface area (Å²) in [5, 5.41) is 2.85. The summed E-state index contributed by atoms with van der Waals surface area (Å²) in [4.78, 5) is 13.5. The van der Waals surface area contributed by atoms with Crippen molar-refractivity contribution in [3.8, 4) is 0 Å². The number of hydrogen-bond donors (Lipinski definition) is 1. The molecular weight excluding hydrogens is 256 g/mol. The van der Waals surface area contributed by atoms with E-state index in [0.29, 0.717) is 0 Å². The maximum Gasteiger partial charge on any atom is 0.322 e. The predicted molar refractivity (Wildman–Crippen MR) is 64.1 cm³/mol. The Morgan fingerprint density at radius 2 is 2.07 bits per heavy atom.